The van der Waals surface area contributed by atoms with Gasteiger partial charge in [0.1, 0.15) is 5.82 Å². The highest BCUT2D eigenvalue weighted by Crippen LogP contribution is 2.09. The van der Waals surface area contributed by atoms with E-state index in [1.807, 2.05) is 4.57 Å². The average molecular weight is 556 g/mol. The summed E-state index contributed by atoms with van der Waals surface area (Å²) in [5.41, 5.74) is 1.37. The van der Waals surface area contributed by atoms with E-state index < -0.39 is 0 Å². The zero-order valence-electron chi connectivity index (χ0n) is 19.6. The minimum Gasteiger partial charge on any atom is -0.356 e. The molecule has 1 unspecified atom stereocenters. The molecular weight excluding hydrogens is 517 g/mol. The second kappa shape index (κ2) is 13.6. The molecule has 0 saturated carbocycles. The fourth-order valence-corrected chi connectivity index (χ4v) is 3.90. The number of aliphatic imine (C=N–C) groups is 1. The fourth-order valence-electron chi connectivity index (χ4n) is 3.90. The van der Waals surface area contributed by atoms with Crippen LogP contribution in [0.4, 0.5) is 0 Å². The predicted octanol–water partition coefficient (Wildman–Crippen LogP) is 2.46. The lowest BCUT2D eigenvalue weighted by molar-refractivity contribution is 0.238. The third-order valence-electron chi connectivity index (χ3n) is 5.98. The van der Waals surface area contributed by atoms with Crippen LogP contribution in [0.1, 0.15) is 44.0 Å². The summed E-state index contributed by atoms with van der Waals surface area (Å²) in [6, 6.07) is 11.0. The van der Waals surface area contributed by atoms with Gasteiger partial charge < -0.3 is 10.6 Å². The van der Waals surface area contributed by atoms with Gasteiger partial charge in [0, 0.05) is 52.2 Å². The average Bonchev–Trinajstić information content (AvgIpc) is 3.11. The van der Waals surface area contributed by atoms with E-state index in [4.69, 9.17) is 0 Å². The second-order valence-corrected chi connectivity index (χ2v) is 8.35. The van der Waals surface area contributed by atoms with E-state index in [2.05, 4.69) is 69.9 Å². The third-order valence-corrected chi connectivity index (χ3v) is 5.98. The van der Waals surface area contributed by atoms with Gasteiger partial charge in [-0.15, -0.1) is 24.0 Å². The highest BCUT2D eigenvalue weighted by Gasteiger charge is 2.16. The highest BCUT2D eigenvalue weighted by atomic mass is 127. The smallest absolute Gasteiger partial charge is 0.345 e. The maximum atomic E-state index is 12.4. The first-order chi connectivity index (χ1) is 15.1. The standard InChI is InChI=1S/C23H37N7O.HI/c1-19(28(3)18-20-10-5-4-6-11-20)13-15-26-22(24-2)25-14-9-17-30-23(31)29-16-8-7-12-21(29)27-30;/h4-6,10-11,19H,7-9,12-18H2,1-3H3,(H2,24,25,26);1H. The molecule has 0 fully saturated rings. The molecule has 32 heavy (non-hydrogen) atoms. The first-order valence-corrected chi connectivity index (χ1v) is 11.4. The van der Waals surface area contributed by atoms with Crippen LogP contribution >= 0.6 is 24.0 Å². The molecule has 8 nitrogen and oxygen atoms in total. The Kier molecular flexibility index (Phi) is 11.2. The Hall–Kier alpha value is -1.88. The number of nitrogens with zero attached hydrogens (tertiary/aromatic N) is 5. The van der Waals surface area contributed by atoms with E-state index in [1.54, 1.807) is 11.7 Å². The van der Waals surface area contributed by atoms with Crippen molar-refractivity contribution in [2.75, 3.05) is 27.2 Å². The second-order valence-electron chi connectivity index (χ2n) is 8.35. The van der Waals surface area contributed by atoms with Crippen LogP contribution in [0, 0.1) is 0 Å². The molecule has 1 aromatic carbocycles. The number of halogens is 1. The van der Waals surface area contributed by atoms with Crippen LogP contribution in [0.5, 0.6) is 0 Å². The molecule has 0 radical (unpaired) electrons. The van der Waals surface area contributed by atoms with Crippen molar-refractivity contribution in [1.82, 2.24) is 29.9 Å². The van der Waals surface area contributed by atoms with Crippen molar-refractivity contribution in [2.45, 2.75) is 64.7 Å². The normalized spacial score (nSPS) is 14.6. The Morgan fingerprint density at radius 3 is 2.69 bits per heavy atom. The Morgan fingerprint density at radius 1 is 1.22 bits per heavy atom. The van der Waals surface area contributed by atoms with Crippen LogP contribution in [0.3, 0.4) is 0 Å². The summed E-state index contributed by atoms with van der Waals surface area (Å²) in [5.74, 6) is 1.74. The number of aryl methyl sites for hydroxylation is 2. The van der Waals surface area contributed by atoms with Gasteiger partial charge in [0.15, 0.2) is 5.96 Å². The van der Waals surface area contributed by atoms with Gasteiger partial charge in [0.2, 0.25) is 0 Å². The van der Waals surface area contributed by atoms with Crippen LogP contribution in [0.25, 0.3) is 0 Å². The van der Waals surface area contributed by atoms with Gasteiger partial charge in [-0.1, -0.05) is 30.3 Å². The summed E-state index contributed by atoms with van der Waals surface area (Å²) in [6.07, 6.45) is 4.96. The van der Waals surface area contributed by atoms with E-state index in [0.29, 0.717) is 12.6 Å². The molecular formula is C23H38IN7O. The zero-order valence-corrected chi connectivity index (χ0v) is 21.9. The van der Waals surface area contributed by atoms with Crippen LogP contribution < -0.4 is 16.3 Å². The number of hydrogen-bond donors (Lipinski definition) is 2. The fraction of sp³-hybridized carbons (Fsp3) is 0.609. The Balaban J connectivity index is 0.00000363. The van der Waals surface area contributed by atoms with Gasteiger partial charge in [0.25, 0.3) is 0 Å². The maximum Gasteiger partial charge on any atom is 0.345 e. The van der Waals surface area contributed by atoms with Gasteiger partial charge in [-0.05, 0) is 45.2 Å². The van der Waals surface area contributed by atoms with E-state index >= 15 is 0 Å². The predicted molar refractivity (Wildman–Crippen MR) is 141 cm³/mol. The number of hydrogen-bond acceptors (Lipinski definition) is 4. The lowest BCUT2D eigenvalue weighted by Gasteiger charge is -2.25. The molecule has 9 heteroatoms. The van der Waals surface area contributed by atoms with Crippen molar-refractivity contribution in [3.8, 4) is 0 Å². The maximum absolute atomic E-state index is 12.4. The van der Waals surface area contributed by atoms with Crippen molar-refractivity contribution >= 4 is 29.9 Å². The van der Waals surface area contributed by atoms with E-state index in [-0.39, 0.29) is 29.7 Å². The summed E-state index contributed by atoms with van der Waals surface area (Å²) in [4.78, 5) is 19.1. The summed E-state index contributed by atoms with van der Waals surface area (Å²) in [7, 11) is 3.95. The lowest BCUT2D eigenvalue weighted by Crippen LogP contribution is -2.40. The number of nitrogens with one attached hydrogen (secondary N) is 2. The number of fused-ring (bicyclic) bond motifs is 1. The molecule has 178 valence electrons. The van der Waals surface area contributed by atoms with Crippen LogP contribution in [-0.4, -0.2) is 58.4 Å². The minimum atomic E-state index is 0. The molecule has 0 aliphatic carbocycles. The number of rotatable bonds is 10. The summed E-state index contributed by atoms with van der Waals surface area (Å²) < 4.78 is 3.44. The summed E-state index contributed by atoms with van der Waals surface area (Å²) in [6.45, 7) is 6.24. The monoisotopic (exact) mass is 555 g/mol. The van der Waals surface area contributed by atoms with Gasteiger partial charge in [-0.3, -0.25) is 14.5 Å². The third kappa shape index (κ3) is 7.61. The van der Waals surface area contributed by atoms with Crippen molar-refractivity contribution < 1.29 is 0 Å². The van der Waals surface area contributed by atoms with Gasteiger partial charge in [-0.2, -0.15) is 5.10 Å². The summed E-state index contributed by atoms with van der Waals surface area (Å²) in [5, 5.41) is 11.2. The van der Waals surface area contributed by atoms with Crippen molar-refractivity contribution in [1.29, 1.82) is 0 Å². The Labute approximate surface area is 208 Å². The summed E-state index contributed by atoms with van der Waals surface area (Å²) >= 11 is 0. The molecule has 1 aliphatic heterocycles. The van der Waals surface area contributed by atoms with Crippen LogP contribution in [0.15, 0.2) is 40.1 Å². The Bertz CT molecular complexity index is 893. The SMILES string of the molecule is CN=C(NCCCn1nc2n(c1=O)CCCC2)NCCC(C)N(C)Cc1ccccc1.I. The molecule has 2 N–H and O–H groups in total. The molecule has 0 spiro atoms. The molecule has 2 aromatic rings. The molecule has 2 heterocycles. The quantitative estimate of drug-likeness (QED) is 0.204. The molecule has 0 saturated heterocycles. The van der Waals surface area contributed by atoms with Crippen molar-refractivity contribution in [3.63, 3.8) is 0 Å². The van der Waals surface area contributed by atoms with E-state index in [9.17, 15) is 4.79 Å². The highest BCUT2D eigenvalue weighted by molar-refractivity contribution is 14.0. The molecule has 1 aromatic heterocycles. The molecule has 3 rings (SSSR count). The van der Waals surface area contributed by atoms with Gasteiger partial charge in [-0.25, -0.2) is 9.48 Å². The van der Waals surface area contributed by atoms with Crippen molar-refractivity contribution in [2.24, 2.45) is 4.99 Å². The molecule has 0 amide bonds. The topological polar surface area (TPSA) is 79.5 Å². The molecule has 1 aliphatic rings. The Morgan fingerprint density at radius 2 is 1.97 bits per heavy atom. The first kappa shape index (κ1) is 26.4. The van der Waals surface area contributed by atoms with Gasteiger partial charge in [0.05, 0.1) is 0 Å². The minimum absolute atomic E-state index is 0. The van der Waals surface area contributed by atoms with Crippen molar-refractivity contribution in [3.05, 3.63) is 52.2 Å². The van der Waals surface area contributed by atoms with E-state index in [1.165, 1.54) is 5.56 Å². The van der Waals surface area contributed by atoms with Crippen LogP contribution in [0.2, 0.25) is 0 Å². The van der Waals surface area contributed by atoms with E-state index in [0.717, 1.165) is 70.1 Å². The number of aromatic nitrogens is 3. The molecule has 1 atom stereocenters. The molecule has 0 bridgehead atoms. The largest absolute Gasteiger partial charge is 0.356 e. The lowest BCUT2D eigenvalue weighted by atomic mass is 10.1. The number of guanidine groups is 1. The van der Waals surface area contributed by atoms with Crippen LogP contribution in [-0.2, 0) is 26.1 Å². The first-order valence-electron chi connectivity index (χ1n) is 11.4. The number of benzene rings is 1. The zero-order chi connectivity index (χ0) is 22.1. The van der Waals surface area contributed by atoms with Gasteiger partial charge >= 0.3 is 5.69 Å².